The molecule has 4 rings (SSSR count). The number of morpholine rings is 1. The van der Waals surface area contributed by atoms with Gasteiger partial charge in [-0.1, -0.05) is 12.8 Å². The van der Waals surface area contributed by atoms with Crippen LogP contribution in [-0.2, 0) is 4.74 Å². The van der Waals surface area contributed by atoms with Crippen molar-refractivity contribution in [3.63, 3.8) is 0 Å². The summed E-state index contributed by atoms with van der Waals surface area (Å²) in [6.45, 7) is 3.54. The average molecular weight is 315 g/mol. The molecule has 2 aromatic heterocycles. The molecule has 2 aromatic rings. The van der Waals surface area contributed by atoms with E-state index in [0.717, 1.165) is 32.1 Å². The second-order valence-electron chi connectivity index (χ2n) is 6.40. The maximum absolute atomic E-state index is 5.54. The average Bonchev–Trinajstić information content (AvgIpc) is 3.28. The molecule has 1 saturated carbocycles. The molecule has 3 heterocycles. The van der Waals surface area contributed by atoms with Crippen LogP contribution < -0.4 is 4.90 Å². The Morgan fingerprint density at radius 2 is 1.87 bits per heavy atom. The van der Waals surface area contributed by atoms with E-state index in [0.29, 0.717) is 6.04 Å². The van der Waals surface area contributed by atoms with Crippen molar-refractivity contribution in [3.8, 4) is 0 Å². The van der Waals surface area contributed by atoms with Crippen LogP contribution in [0, 0.1) is 0 Å². The van der Waals surface area contributed by atoms with E-state index in [9.17, 15) is 0 Å². The highest BCUT2D eigenvalue weighted by molar-refractivity contribution is 5.19. The van der Waals surface area contributed by atoms with Gasteiger partial charge in [-0.25, -0.2) is 4.68 Å². The molecule has 2 fully saturated rings. The molecule has 0 amide bonds. The topological polar surface area (TPSA) is 70.2 Å². The second-order valence-corrected chi connectivity index (χ2v) is 6.40. The van der Waals surface area contributed by atoms with Gasteiger partial charge in [-0.3, -0.25) is 4.98 Å². The summed E-state index contributed by atoms with van der Waals surface area (Å²) in [6.07, 6.45) is 8.61. The van der Waals surface area contributed by atoms with Gasteiger partial charge in [0.25, 0.3) is 0 Å². The minimum atomic E-state index is 0.150. The quantitative estimate of drug-likeness (QED) is 0.872. The summed E-state index contributed by atoms with van der Waals surface area (Å²) in [7, 11) is 0. The molecule has 122 valence electrons. The van der Waals surface area contributed by atoms with Crippen molar-refractivity contribution in [1.29, 1.82) is 0 Å². The van der Waals surface area contributed by atoms with Gasteiger partial charge in [0.05, 0.1) is 19.3 Å². The van der Waals surface area contributed by atoms with Crippen molar-refractivity contribution in [1.82, 2.24) is 25.2 Å². The van der Waals surface area contributed by atoms with Crippen LogP contribution in [0.25, 0.3) is 0 Å². The Balaban J connectivity index is 1.71. The number of aromatic nitrogens is 5. The van der Waals surface area contributed by atoms with Crippen molar-refractivity contribution >= 4 is 0 Å². The fraction of sp³-hybridized carbons (Fsp3) is 0.625. The van der Waals surface area contributed by atoms with E-state index in [4.69, 9.17) is 4.74 Å². The minimum Gasteiger partial charge on any atom is -0.370 e. The molecule has 7 nitrogen and oxygen atoms in total. The number of ether oxygens (including phenoxy) is 1. The van der Waals surface area contributed by atoms with Gasteiger partial charge in [-0.15, -0.1) is 5.10 Å². The number of quaternary nitrogens is 1. The Labute approximate surface area is 135 Å². The Morgan fingerprint density at radius 3 is 2.61 bits per heavy atom. The minimum absolute atomic E-state index is 0.150. The van der Waals surface area contributed by atoms with Gasteiger partial charge in [0.15, 0.2) is 6.04 Å². The van der Waals surface area contributed by atoms with E-state index in [-0.39, 0.29) is 6.04 Å². The normalized spacial score (nSPS) is 21.6. The molecule has 0 bridgehead atoms. The number of hydrogen-bond acceptors (Lipinski definition) is 5. The highest BCUT2D eigenvalue weighted by Crippen LogP contribution is 2.31. The van der Waals surface area contributed by atoms with Crippen LogP contribution in [0.3, 0.4) is 0 Å². The second kappa shape index (κ2) is 6.72. The van der Waals surface area contributed by atoms with Crippen molar-refractivity contribution in [2.24, 2.45) is 0 Å². The van der Waals surface area contributed by atoms with Crippen LogP contribution in [0.1, 0.15) is 49.2 Å². The molecule has 7 heteroatoms. The van der Waals surface area contributed by atoms with Crippen LogP contribution >= 0.6 is 0 Å². The summed E-state index contributed by atoms with van der Waals surface area (Å²) in [5.41, 5.74) is 1.23. The molecule has 1 saturated heterocycles. The third-order valence-electron chi connectivity index (χ3n) is 5.03. The first-order chi connectivity index (χ1) is 11.4. The lowest BCUT2D eigenvalue weighted by Crippen LogP contribution is -3.14. The van der Waals surface area contributed by atoms with Crippen LogP contribution in [0.2, 0.25) is 0 Å². The molecule has 1 atom stereocenters. The predicted octanol–water partition coefficient (Wildman–Crippen LogP) is 0.188. The van der Waals surface area contributed by atoms with E-state index < -0.39 is 0 Å². The lowest BCUT2D eigenvalue weighted by molar-refractivity contribution is -0.933. The number of hydrogen-bond donors (Lipinski definition) is 1. The van der Waals surface area contributed by atoms with E-state index >= 15 is 0 Å². The molecular formula is C16H23N6O+. The van der Waals surface area contributed by atoms with E-state index in [2.05, 4.69) is 37.3 Å². The third-order valence-corrected chi connectivity index (χ3v) is 5.03. The summed E-state index contributed by atoms with van der Waals surface area (Å²) in [6, 6.07) is 4.77. The number of tetrazole rings is 1. The first-order valence-electron chi connectivity index (χ1n) is 8.53. The smallest absolute Gasteiger partial charge is 0.214 e. The van der Waals surface area contributed by atoms with Gasteiger partial charge in [0.2, 0.25) is 5.82 Å². The standard InChI is InChI=1S/C16H22N6O/c1-2-4-14(3-1)22-16(18-19-20-22)15(13-5-7-17-8-6-13)21-9-11-23-12-10-21/h5-8,14-15H,1-4,9-12H2/p+1/t15-/m1/s1. The Morgan fingerprint density at radius 1 is 1.13 bits per heavy atom. The van der Waals surface area contributed by atoms with E-state index in [1.54, 1.807) is 0 Å². The van der Waals surface area contributed by atoms with Crippen molar-refractivity contribution in [3.05, 3.63) is 35.9 Å². The summed E-state index contributed by atoms with van der Waals surface area (Å²) < 4.78 is 7.63. The first kappa shape index (κ1) is 14.7. The molecule has 0 spiro atoms. The molecular weight excluding hydrogens is 292 g/mol. The van der Waals surface area contributed by atoms with Gasteiger partial charge in [-0.05, 0) is 35.4 Å². The summed E-state index contributed by atoms with van der Waals surface area (Å²) in [4.78, 5) is 5.63. The zero-order valence-electron chi connectivity index (χ0n) is 13.3. The van der Waals surface area contributed by atoms with Gasteiger partial charge in [-0.2, -0.15) is 0 Å². The molecule has 1 aliphatic carbocycles. The highest BCUT2D eigenvalue weighted by Gasteiger charge is 2.34. The van der Waals surface area contributed by atoms with Crippen LogP contribution in [0.4, 0.5) is 0 Å². The van der Waals surface area contributed by atoms with Gasteiger partial charge >= 0.3 is 0 Å². The van der Waals surface area contributed by atoms with Gasteiger partial charge in [0.1, 0.15) is 13.1 Å². The number of pyridine rings is 1. The molecule has 0 radical (unpaired) electrons. The number of nitrogens with zero attached hydrogens (tertiary/aromatic N) is 5. The van der Waals surface area contributed by atoms with E-state index in [1.165, 1.54) is 36.1 Å². The summed E-state index contributed by atoms with van der Waals surface area (Å²) in [5.74, 6) is 0.986. The van der Waals surface area contributed by atoms with Crippen molar-refractivity contribution < 1.29 is 9.64 Å². The zero-order valence-corrected chi connectivity index (χ0v) is 13.3. The Kier molecular flexibility index (Phi) is 4.30. The molecule has 0 aromatic carbocycles. The lowest BCUT2D eigenvalue weighted by Gasteiger charge is -2.31. The maximum Gasteiger partial charge on any atom is 0.214 e. The summed E-state index contributed by atoms with van der Waals surface area (Å²) >= 11 is 0. The third kappa shape index (κ3) is 2.98. The predicted molar refractivity (Wildman–Crippen MR) is 82.9 cm³/mol. The zero-order chi connectivity index (χ0) is 15.5. The largest absolute Gasteiger partial charge is 0.370 e. The van der Waals surface area contributed by atoms with Crippen molar-refractivity contribution in [2.45, 2.75) is 37.8 Å². The van der Waals surface area contributed by atoms with Gasteiger partial charge in [0, 0.05) is 18.0 Å². The Bertz CT molecular complexity index is 619. The molecule has 1 N–H and O–H groups in total. The molecule has 23 heavy (non-hydrogen) atoms. The van der Waals surface area contributed by atoms with Crippen LogP contribution in [0.5, 0.6) is 0 Å². The van der Waals surface area contributed by atoms with Crippen LogP contribution in [0.15, 0.2) is 24.5 Å². The summed E-state index contributed by atoms with van der Waals surface area (Å²) in [5, 5.41) is 12.8. The first-order valence-corrected chi connectivity index (χ1v) is 8.53. The maximum atomic E-state index is 5.54. The monoisotopic (exact) mass is 315 g/mol. The lowest BCUT2D eigenvalue weighted by atomic mass is 10.0. The SMILES string of the molecule is c1cc([C@H](c2nnnn2C2CCCC2)[NH+]2CCOCC2)ccn1. The van der Waals surface area contributed by atoms with E-state index in [1.807, 2.05) is 12.4 Å². The molecule has 2 aliphatic rings. The number of rotatable bonds is 4. The highest BCUT2D eigenvalue weighted by atomic mass is 16.5. The molecule has 1 aliphatic heterocycles. The number of nitrogens with one attached hydrogen (secondary N) is 1. The fourth-order valence-electron chi connectivity index (χ4n) is 3.84. The molecule has 0 unspecified atom stereocenters. The van der Waals surface area contributed by atoms with Gasteiger partial charge < -0.3 is 9.64 Å². The fourth-order valence-corrected chi connectivity index (χ4v) is 3.84. The van der Waals surface area contributed by atoms with Crippen LogP contribution in [-0.4, -0.2) is 51.5 Å². The van der Waals surface area contributed by atoms with Crippen molar-refractivity contribution in [2.75, 3.05) is 26.3 Å². The Hall–Kier alpha value is -1.86.